The van der Waals surface area contributed by atoms with E-state index in [4.69, 9.17) is 11.6 Å². The lowest BCUT2D eigenvalue weighted by atomic mass is 10.2. The first-order valence-corrected chi connectivity index (χ1v) is 8.11. The van der Waals surface area contributed by atoms with Crippen LogP contribution in [-0.4, -0.2) is 13.3 Å². The summed E-state index contributed by atoms with van der Waals surface area (Å²) in [5.41, 5.74) is 0.0946. The largest absolute Gasteiger partial charge is 0.300 e. The third-order valence-corrected chi connectivity index (χ3v) is 5.72. The first-order chi connectivity index (χ1) is 9.70. The average molecular weight is 351 g/mol. The number of hydrogen-bond donors (Lipinski definition) is 1. The van der Waals surface area contributed by atoms with Gasteiger partial charge in [0.1, 0.15) is 10.0 Å². The smallest absolute Gasteiger partial charge is 0.279 e. The number of hydrogen-bond acceptors (Lipinski definition) is 5. The van der Waals surface area contributed by atoms with Crippen molar-refractivity contribution in [1.29, 1.82) is 0 Å². The van der Waals surface area contributed by atoms with E-state index in [1.165, 1.54) is 19.1 Å². The first kappa shape index (κ1) is 15.7. The number of nitrogens with one attached hydrogen (secondary N) is 1. The van der Waals surface area contributed by atoms with Crippen LogP contribution in [0.15, 0.2) is 28.5 Å². The highest BCUT2D eigenvalue weighted by Crippen LogP contribution is 2.37. The van der Waals surface area contributed by atoms with Gasteiger partial charge in [-0.2, -0.15) is 0 Å². The number of nitrogens with zero attached hydrogens (tertiary/aromatic N) is 1. The SMILES string of the molecule is Cc1cc(F)ccc1NS(=O)(=O)c1cc([N+](=O)[O-])c(Cl)s1. The summed E-state index contributed by atoms with van der Waals surface area (Å²) in [6, 6.07) is 4.43. The molecule has 0 spiro atoms. The second kappa shape index (κ2) is 5.58. The monoisotopic (exact) mass is 350 g/mol. The summed E-state index contributed by atoms with van der Waals surface area (Å²) in [4.78, 5) is 9.92. The van der Waals surface area contributed by atoms with E-state index >= 15 is 0 Å². The van der Waals surface area contributed by atoms with Gasteiger partial charge in [-0.3, -0.25) is 14.8 Å². The Hall–Kier alpha value is -1.71. The summed E-state index contributed by atoms with van der Waals surface area (Å²) < 4.78 is 39.0. The number of halogens is 2. The van der Waals surface area contributed by atoms with E-state index in [0.29, 0.717) is 16.9 Å². The van der Waals surface area contributed by atoms with Crippen LogP contribution in [-0.2, 0) is 10.0 Å². The van der Waals surface area contributed by atoms with Crippen LogP contribution < -0.4 is 4.72 Å². The molecule has 1 aromatic carbocycles. The minimum Gasteiger partial charge on any atom is -0.279 e. The predicted molar refractivity (Wildman–Crippen MR) is 77.9 cm³/mol. The summed E-state index contributed by atoms with van der Waals surface area (Å²) in [6.07, 6.45) is 0. The molecule has 0 saturated heterocycles. The molecule has 6 nitrogen and oxygen atoms in total. The van der Waals surface area contributed by atoms with Crippen LogP contribution in [0.1, 0.15) is 5.56 Å². The minimum absolute atomic E-state index is 0.184. The maximum Gasteiger partial charge on any atom is 0.300 e. The van der Waals surface area contributed by atoms with E-state index in [1.807, 2.05) is 0 Å². The van der Waals surface area contributed by atoms with Gasteiger partial charge >= 0.3 is 0 Å². The van der Waals surface area contributed by atoms with Crippen LogP contribution in [0.3, 0.4) is 0 Å². The number of anilines is 1. The molecule has 1 aromatic heterocycles. The Balaban J connectivity index is 2.38. The predicted octanol–water partition coefficient (Wildman–Crippen LogP) is 3.56. The zero-order valence-corrected chi connectivity index (χ0v) is 12.9. The molecule has 0 fully saturated rings. The van der Waals surface area contributed by atoms with E-state index in [1.54, 1.807) is 0 Å². The molecule has 0 saturated carbocycles. The summed E-state index contributed by atoms with van der Waals surface area (Å²) in [6.45, 7) is 1.53. The van der Waals surface area contributed by atoms with Crippen molar-refractivity contribution in [3.8, 4) is 0 Å². The fourth-order valence-electron chi connectivity index (χ4n) is 1.53. The highest BCUT2D eigenvalue weighted by atomic mass is 35.5. The number of rotatable bonds is 4. The van der Waals surface area contributed by atoms with Gasteiger partial charge in [0.25, 0.3) is 15.7 Å². The molecule has 0 atom stereocenters. The number of nitro groups is 1. The van der Waals surface area contributed by atoms with E-state index in [9.17, 15) is 22.9 Å². The van der Waals surface area contributed by atoms with E-state index in [-0.39, 0.29) is 14.2 Å². The average Bonchev–Trinajstić information content (AvgIpc) is 2.76. The molecular weight excluding hydrogens is 343 g/mol. The molecule has 0 radical (unpaired) electrons. The molecule has 10 heteroatoms. The van der Waals surface area contributed by atoms with Gasteiger partial charge in [0.2, 0.25) is 0 Å². The third kappa shape index (κ3) is 3.31. The second-order valence-electron chi connectivity index (χ2n) is 4.05. The van der Waals surface area contributed by atoms with Crippen LogP contribution in [0.4, 0.5) is 15.8 Å². The molecule has 0 unspecified atom stereocenters. The van der Waals surface area contributed by atoms with Crippen molar-refractivity contribution >= 4 is 44.3 Å². The van der Waals surface area contributed by atoms with Crippen LogP contribution in [0.25, 0.3) is 0 Å². The minimum atomic E-state index is -4.03. The maximum absolute atomic E-state index is 13.0. The fraction of sp³-hybridized carbons (Fsp3) is 0.0909. The van der Waals surface area contributed by atoms with Crippen LogP contribution in [0.5, 0.6) is 0 Å². The molecule has 0 aliphatic rings. The Morgan fingerprint density at radius 2 is 2.05 bits per heavy atom. The highest BCUT2D eigenvalue weighted by Gasteiger charge is 2.25. The Kier molecular flexibility index (Phi) is 4.17. The molecule has 0 bridgehead atoms. The van der Waals surface area contributed by atoms with E-state index in [2.05, 4.69) is 4.72 Å². The van der Waals surface area contributed by atoms with Crippen molar-refractivity contribution in [2.45, 2.75) is 11.1 Å². The quantitative estimate of drug-likeness (QED) is 0.674. The van der Waals surface area contributed by atoms with E-state index < -0.39 is 26.5 Å². The van der Waals surface area contributed by atoms with Crippen molar-refractivity contribution in [3.05, 3.63) is 50.1 Å². The molecule has 1 heterocycles. The standard InChI is InChI=1S/C11H8ClFN2O4S2/c1-6-4-7(13)2-3-8(6)14-21(18,19)10-5-9(15(16)17)11(12)20-10/h2-5,14H,1H3. The maximum atomic E-state index is 13.0. The Morgan fingerprint density at radius 1 is 1.38 bits per heavy atom. The second-order valence-corrected chi connectivity index (χ2v) is 7.61. The van der Waals surface area contributed by atoms with Gasteiger partial charge in [0, 0.05) is 6.07 Å². The number of benzene rings is 1. The summed E-state index contributed by atoms with van der Waals surface area (Å²) >= 11 is 6.21. The summed E-state index contributed by atoms with van der Waals surface area (Å²) in [7, 11) is -4.03. The Morgan fingerprint density at radius 3 is 2.57 bits per heavy atom. The lowest BCUT2D eigenvalue weighted by Gasteiger charge is -2.08. The Bertz CT molecular complexity index is 820. The first-order valence-electron chi connectivity index (χ1n) is 5.43. The molecule has 1 N–H and O–H groups in total. The van der Waals surface area contributed by atoms with Crippen LogP contribution >= 0.6 is 22.9 Å². The van der Waals surface area contributed by atoms with Crippen molar-refractivity contribution in [1.82, 2.24) is 0 Å². The summed E-state index contributed by atoms with van der Waals surface area (Å²) in [5.74, 6) is -0.495. The van der Waals surface area contributed by atoms with Gasteiger partial charge in [0.15, 0.2) is 4.34 Å². The van der Waals surface area contributed by atoms with Gasteiger partial charge < -0.3 is 0 Å². The third-order valence-electron chi connectivity index (χ3n) is 2.54. The summed E-state index contributed by atoms with van der Waals surface area (Å²) in [5, 5.41) is 10.7. The van der Waals surface area contributed by atoms with Crippen molar-refractivity contribution in [2.75, 3.05) is 4.72 Å². The molecule has 112 valence electrons. The van der Waals surface area contributed by atoms with Crippen molar-refractivity contribution in [2.24, 2.45) is 0 Å². The zero-order valence-electron chi connectivity index (χ0n) is 10.5. The lowest BCUT2D eigenvalue weighted by Crippen LogP contribution is -2.12. The van der Waals surface area contributed by atoms with Crippen LogP contribution in [0.2, 0.25) is 4.34 Å². The van der Waals surface area contributed by atoms with Crippen molar-refractivity contribution < 1.29 is 17.7 Å². The zero-order chi connectivity index (χ0) is 15.8. The van der Waals surface area contributed by atoms with Crippen LogP contribution in [0, 0.1) is 22.9 Å². The normalized spacial score (nSPS) is 11.4. The van der Waals surface area contributed by atoms with E-state index in [0.717, 1.165) is 12.1 Å². The molecule has 2 rings (SSSR count). The van der Waals surface area contributed by atoms with Gasteiger partial charge in [-0.05, 0) is 30.7 Å². The number of aryl methyl sites for hydroxylation is 1. The van der Waals surface area contributed by atoms with Gasteiger partial charge in [-0.25, -0.2) is 12.8 Å². The number of sulfonamides is 1. The molecule has 0 amide bonds. The molecular formula is C11H8ClFN2O4S2. The molecule has 0 aliphatic heterocycles. The Labute approximate surface area is 128 Å². The topological polar surface area (TPSA) is 89.3 Å². The molecule has 2 aromatic rings. The molecule has 0 aliphatic carbocycles. The fourth-order valence-corrected chi connectivity index (χ4v) is 4.33. The van der Waals surface area contributed by atoms with Gasteiger partial charge in [-0.1, -0.05) is 11.6 Å². The van der Waals surface area contributed by atoms with Gasteiger partial charge in [0.05, 0.1) is 10.6 Å². The highest BCUT2D eigenvalue weighted by molar-refractivity contribution is 7.94. The lowest BCUT2D eigenvalue weighted by molar-refractivity contribution is -0.384. The number of thiophene rings is 1. The molecule has 21 heavy (non-hydrogen) atoms. The van der Waals surface area contributed by atoms with Crippen molar-refractivity contribution in [3.63, 3.8) is 0 Å². The van der Waals surface area contributed by atoms with Gasteiger partial charge in [-0.15, -0.1) is 11.3 Å².